The number of pyridine rings is 1. The summed E-state index contributed by atoms with van der Waals surface area (Å²) in [7, 11) is 1.31. The Morgan fingerprint density at radius 1 is 1.31 bits per heavy atom. The van der Waals surface area contributed by atoms with Gasteiger partial charge in [-0.15, -0.1) is 0 Å². The van der Waals surface area contributed by atoms with Crippen LogP contribution in [0.3, 0.4) is 0 Å². The van der Waals surface area contributed by atoms with Gasteiger partial charge in [0.05, 0.1) is 18.1 Å². The van der Waals surface area contributed by atoms with Crippen molar-refractivity contribution in [1.29, 1.82) is 0 Å². The van der Waals surface area contributed by atoms with Crippen LogP contribution < -0.4 is 0 Å². The Morgan fingerprint density at radius 2 is 2.03 bits per heavy atom. The molecular formula is C21H25N3O5. The van der Waals surface area contributed by atoms with Crippen molar-refractivity contribution in [2.45, 2.75) is 34.3 Å². The lowest BCUT2D eigenvalue weighted by Gasteiger charge is -2.15. The first-order chi connectivity index (χ1) is 13.8. The number of methoxy groups -OCH3 is 1. The van der Waals surface area contributed by atoms with Crippen molar-refractivity contribution in [1.82, 2.24) is 9.97 Å². The minimum atomic E-state index is -0.471. The number of nitrogens with one attached hydrogen (secondary N) is 1. The average molecular weight is 399 g/mol. The van der Waals surface area contributed by atoms with Crippen molar-refractivity contribution in [2.75, 3.05) is 7.11 Å². The Hall–Kier alpha value is -3.42. The third-order valence-electron chi connectivity index (χ3n) is 4.04. The third kappa shape index (κ3) is 5.54. The highest BCUT2D eigenvalue weighted by molar-refractivity contribution is 5.93. The van der Waals surface area contributed by atoms with Crippen molar-refractivity contribution in [3.8, 4) is 0 Å². The van der Waals surface area contributed by atoms with E-state index in [2.05, 4.69) is 14.7 Å². The molecule has 0 radical (unpaired) electrons. The zero-order valence-electron chi connectivity index (χ0n) is 17.2. The smallest absolute Gasteiger partial charge is 0.354 e. The van der Waals surface area contributed by atoms with Crippen LogP contribution in [0, 0.1) is 15.5 Å². The van der Waals surface area contributed by atoms with E-state index in [0.717, 1.165) is 10.9 Å². The number of rotatable bonds is 5. The number of nitrogens with zero attached hydrogens (tertiary/aromatic N) is 2. The van der Waals surface area contributed by atoms with E-state index in [1.807, 2.05) is 39.8 Å². The Balaban J connectivity index is 0.00000145. The molecule has 29 heavy (non-hydrogen) atoms. The van der Waals surface area contributed by atoms with Crippen LogP contribution in [-0.2, 0) is 16.1 Å². The fourth-order valence-corrected chi connectivity index (χ4v) is 2.67. The molecule has 0 saturated carbocycles. The highest BCUT2D eigenvalue weighted by atomic mass is 16.6. The average Bonchev–Trinajstić information content (AvgIpc) is 3.05. The van der Waals surface area contributed by atoms with Crippen LogP contribution in [0.4, 0.5) is 0 Å². The van der Waals surface area contributed by atoms with Gasteiger partial charge in [-0.2, -0.15) is 0 Å². The molecule has 2 aromatic heterocycles. The van der Waals surface area contributed by atoms with Gasteiger partial charge in [-0.3, -0.25) is 10.1 Å². The lowest BCUT2D eigenvalue weighted by Crippen LogP contribution is -2.04. The van der Waals surface area contributed by atoms with Gasteiger partial charge in [-0.25, -0.2) is 9.78 Å². The van der Waals surface area contributed by atoms with Gasteiger partial charge < -0.3 is 14.5 Å². The first-order valence-corrected chi connectivity index (χ1v) is 9.24. The molecule has 0 fully saturated rings. The molecule has 0 spiro atoms. The maximum Gasteiger partial charge on any atom is 0.354 e. The minimum absolute atomic E-state index is 0.0336. The summed E-state index contributed by atoms with van der Waals surface area (Å²) in [6.07, 6.45) is 8.10. The van der Waals surface area contributed by atoms with E-state index in [-0.39, 0.29) is 17.7 Å². The zero-order valence-corrected chi connectivity index (χ0v) is 17.2. The summed E-state index contributed by atoms with van der Waals surface area (Å²) in [5.74, 6) is -0.0531. The number of carbonyl (C=O) groups excluding carboxylic acids is 1. The summed E-state index contributed by atoms with van der Waals surface area (Å²) in [4.78, 5) is 29.4. The van der Waals surface area contributed by atoms with Crippen molar-refractivity contribution in [2.24, 2.45) is 5.41 Å². The molecule has 1 aliphatic carbocycles. The zero-order chi connectivity index (χ0) is 21.6. The normalized spacial score (nSPS) is 14.8. The van der Waals surface area contributed by atoms with Gasteiger partial charge >= 0.3 is 5.97 Å². The molecule has 0 bridgehead atoms. The number of esters is 1. The summed E-state index contributed by atoms with van der Waals surface area (Å²) in [6, 6.07) is 3.49. The second-order valence-electron chi connectivity index (χ2n) is 6.77. The predicted octanol–water partition coefficient (Wildman–Crippen LogP) is 4.53. The van der Waals surface area contributed by atoms with E-state index in [0.29, 0.717) is 17.1 Å². The van der Waals surface area contributed by atoms with Gasteiger partial charge in [0.25, 0.3) is 5.70 Å². The maximum atomic E-state index is 11.6. The molecule has 2 heterocycles. The minimum Gasteiger partial charge on any atom is -0.489 e. The van der Waals surface area contributed by atoms with Gasteiger partial charge in [0, 0.05) is 28.6 Å². The molecule has 1 N–H and O–H groups in total. The first-order valence-electron chi connectivity index (χ1n) is 9.24. The molecule has 0 aliphatic heterocycles. The van der Waals surface area contributed by atoms with E-state index < -0.39 is 10.9 Å². The fourth-order valence-electron chi connectivity index (χ4n) is 2.67. The SMILES string of the molecule is CC.COC(=O)c1cc2cc(COC3=CC(C)(C)C=CC([N+](=O)[O-])=C3)cnc2[nH]1. The van der Waals surface area contributed by atoms with Gasteiger partial charge in [-0.05, 0) is 18.2 Å². The van der Waals surface area contributed by atoms with E-state index >= 15 is 0 Å². The molecule has 0 saturated heterocycles. The Kier molecular flexibility index (Phi) is 6.93. The van der Waals surface area contributed by atoms with E-state index in [1.165, 1.54) is 19.3 Å². The summed E-state index contributed by atoms with van der Waals surface area (Å²) in [5, 5.41) is 11.9. The lowest BCUT2D eigenvalue weighted by molar-refractivity contribution is -0.419. The topological polar surface area (TPSA) is 107 Å². The molecule has 8 heteroatoms. The van der Waals surface area contributed by atoms with Crippen molar-refractivity contribution >= 4 is 17.0 Å². The van der Waals surface area contributed by atoms with Crippen LogP contribution in [0.15, 0.2) is 54.1 Å². The molecule has 0 atom stereocenters. The number of hydrogen-bond acceptors (Lipinski definition) is 6. The van der Waals surface area contributed by atoms with Gasteiger partial charge in [0.2, 0.25) is 0 Å². The molecule has 1 aliphatic rings. The van der Waals surface area contributed by atoms with Crippen LogP contribution >= 0.6 is 0 Å². The van der Waals surface area contributed by atoms with E-state index in [4.69, 9.17) is 4.74 Å². The first kappa shape index (κ1) is 21.9. The number of hydrogen-bond donors (Lipinski definition) is 1. The van der Waals surface area contributed by atoms with Gasteiger partial charge in [-0.1, -0.05) is 33.8 Å². The highest BCUT2D eigenvalue weighted by Crippen LogP contribution is 2.27. The molecule has 2 aromatic rings. The Labute approximate surface area is 169 Å². The van der Waals surface area contributed by atoms with Crippen LogP contribution in [0.2, 0.25) is 0 Å². The van der Waals surface area contributed by atoms with E-state index in [1.54, 1.807) is 18.3 Å². The maximum absolute atomic E-state index is 11.6. The van der Waals surface area contributed by atoms with Crippen LogP contribution in [-0.4, -0.2) is 28.0 Å². The number of carbonyl (C=O) groups is 1. The van der Waals surface area contributed by atoms with Crippen LogP contribution in [0.1, 0.15) is 43.7 Å². The number of fused-ring (bicyclic) bond motifs is 1. The highest BCUT2D eigenvalue weighted by Gasteiger charge is 2.20. The fraction of sp³-hybridized carbons (Fsp3) is 0.333. The van der Waals surface area contributed by atoms with Crippen molar-refractivity contribution in [3.05, 3.63) is 75.5 Å². The molecule has 8 nitrogen and oxygen atoms in total. The van der Waals surface area contributed by atoms with Gasteiger partial charge in [0.1, 0.15) is 23.7 Å². The number of allylic oxidation sites excluding steroid dienone is 4. The number of aromatic amines is 1. The monoisotopic (exact) mass is 399 g/mol. The lowest BCUT2D eigenvalue weighted by atomic mass is 9.93. The van der Waals surface area contributed by atoms with E-state index in [9.17, 15) is 14.9 Å². The number of H-pyrrole nitrogens is 1. The van der Waals surface area contributed by atoms with Crippen LogP contribution in [0.25, 0.3) is 11.0 Å². The molecule has 0 aromatic carbocycles. The molecule has 3 rings (SSSR count). The quantitative estimate of drug-likeness (QED) is 0.449. The summed E-state index contributed by atoms with van der Waals surface area (Å²) >= 11 is 0. The van der Waals surface area contributed by atoms with Crippen LogP contribution in [0.5, 0.6) is 0 Å². The molecule has 154 valence electrons. The predicted molar refractivity (Wildman–Crippen MR) is 110 cm³/mol. The largest absolute Gasteiger partial charge is 0.489 e. The summed E-state index contributed by atoms with van der Waals surface area (Å²) < 4.78 is 10.5. The number of nitro groups is 1. The number of ether oxygens (including phenoxy) is 2. The van der Waals surface area contributed by atoms with Crippen molar-refractivity contribution < 1.29 is 19.2 Å². The molecule has 0 amide bonds. The summed E-state index contributed by atoms with van der Waals surface area (Å²) in [5.41, 5.74) is 1.24. The standard InChI is InChI=1S/C19H19N3O5.C2H6/c1-19(2)5-4-14(22(24)25)8-15(9-19)27-11-12-6-13-7-16(18(23)26-3)21-17(13)20-10-12;1-2/h4-10H,11H2,1-3H3,(H,20,21);1-2H3. The summed E-state index contributed by atoms with van der Waals surface area (Å²) in [6.45, 7) is 8.06. The molecule has 0 unspecified atom stereocenters. The molecular weight excluding hydrogens is 374 g/mol. The second-order valence-corrected chi connectivity index (χ2v) is 6.77. The second kappa shape index (κ2) is 9.18. The van der Waals surface area contributed by atoms with Gasteiger partial charge in [0.15, 0.2) is 0 Å². The van der Waals surface area contributed by atoms with Crippen molar-refractivity contribution in [3.63, 3.8) is 0 Å². The Bertz CT molecular complexity index is 999. The third-order valence-corrected chi connectivity index (χ3v) is 4.04. The Morgan fingerprint density at radius 3 is 2.69 bits per heavy atom. The number of aromatic nitrogens is 2.